The molecule has 1 N–H and O–H groups in total. The molecule has 0 saturated heterocycles. The van der Waals surface area contributed by atoms with Gasteiger partial charge in [0.1, 0.15) is 11.6 Å². The number of pyridine rings is 1. The fourth-order valence-electron chi connectivity index (χ4n) is 2.17. The van der Waals surface area contributed by atoms with Gasteiger partial charge in [-0.25, -0.2) is 9.37 Å². The first-order chi connectivity index (χ1) is 10.1. The van der Waals surface area contributed by atoms with Gasteiger partial charge in [-0.3, -0.25) is 0 Å². The van der Waals surface area contributed by atoms with Gasteiger partial charge in [-0.2, -0.15) is 11.3 Å². The second-order valence-corrected chi connectivity index (χ2v) is 6.43. The van der Waals surface area contributed by atoms with Crippen LogP contribution in [0.5, 0.6) is 0 Å². The van der Waals surface area contributed by atoms with Crippen molar-refractivity contribution >= 4 is 17.2 Å². The zero-order chi connectivity index (χ0) is 15.2. The van der Waals surface area contributed by atoms with Crippen molar-refractivity contribution in [1.82, 2.24) is 10.3 Å². The van der Waals surface area contributed by atoms with Crippen molar-refractivity contribution in [2.45, 2.75) is 26.9 Å². The van der Waals surface area contributed by atoms with Crippen molar-refractivity contribution in [3.63, 3.8) is 0 Å². The van der Waals surface area contributed by atoms with Gasteiger partial charge >= 0.3 is 0 Å². The molecule has 2 aromatic heterocycles. The van der Waals surface area contributed by atoms with Crippen molar-refractivity contribution in [3.8, 4) is 0 Å². The maximum Gasteiger partial charge on any atom is 0.141 e. The van der Waals surface area contributed by atoms with E-state index in [1.165, 1.54) is 11.8 Å². The van der Waals surface area contributed by atoms with Crippen LogP contribution in [0.1, 0.15) is 25.0 Å². The van der Waals surface area contributed by atoms with Crippen LogP contribution in [-0.2, 0) is 13.1 Å². The number of hydrogen-bond donors (Lipinski definition) is 1. The minimum absolute atomic E-state index is 0.288. The predicted octanol–water partition coefficient (Wildman–Crippen LogP) is 3.66. The molecule has 0 aromatic carbocycles. The second kappa shape index (κ2) is 7.52. The number of rotatable bonds is 7. The molecule has 0 amide bonds. The third-order valence-electron chi connectivity index (χ3n) is 3.14. The average Bonchev–Trinajstić information content (AvgIpc) is 2.91. The largest absolute Gasteiger partial charge is 0.355 e. The van der Waals surface area contributed by atoms with E-state index >= 15 is 0 Å². The molecule has 114 valence electrons. The first-order valence-corrected chi connectivity index (χ1v) is 8.08. The van der Waals surface area contributed by atoms with Crippen LogP contribution in [0.15, 0.2) is 29.1 Å². The molecule has 0 spiro atoms. The summed E-state index contributed by atoms with van der Waals surface area (Å²) in [6, 6.07) is 3.67. The molecule has 0 aliphatic rings. The van der Waals surface area contributed by atoms with E-state index in [4.69, 9.17) is 0 Å². The summed E-state index contributed by atoms with van der Waals surface area (Å²) in [5, 5.41) is 7.53. The lowest BCUT2D eigenvalue weighted by atomic mass is 10.2. The van der Waals surface area contributed by atoms with Gasteiger partial charge < -0.3 is 10.2 Å². The van der Waals surface area contributed by atoms with Gasteiger partial charge in [0.2, 0.25) is 0 Å². The summed E-state index contributed by atoms with van der Waals surface area (Å²) in [6.07, 6.45) is 1.28. The Labute approximate surface area is 129 Å². The Hall–Kier alpha value is -1.46. The number of thiophene rings is 1. The number of anilines is 1. The molecule has 0 aliphatic carbocycles. The van der Waals surface area contributed by atoms with E-state index in [1.807, 2.05) is 7.05 Å². The van der Waals surface area contributed by atoms with Crippen LogP contribution in [0.2, 0.25) is 0 Å². The SMILES string of the molecule is CC(C)CNCc1cc(F)cnc1N(C)Cc1ccsc1. The molecule has 0 radical (unpaired) electrons. The number of nitrogens with one attached hydrogen (secondary N) is 1. The molecule has 21 heavy (non-hydrogen) atoms. The van der Waals surface area contributed by atoms with Crippen molar-refractivity contribution in [1.29, 1.82) is 0 Å². The summed E-state index contributed by atoms with van der Waals surface area (Å²) in [6.45, 7) is 6.62. The van der Waals surface area contributed by atoms with Gasteiger partial charge in [-0.15, -0.1) is 0 Å². The van der Waals surface area contributed by atoms with E-state index in [0.29, 0.717) is 12.5 Å². The van der Waals surface area contributed by atoms with E-state index < -0.39 is 0 Å². The highest BCUT2D eigenvalue weighted by atomic mass is 32.1. The Morgan fingerprint density at radius 2 is 2.24 bits per heavy atom. The van der Waals surface area contributed by atoms with Crippen LogP contribution >= 0.6 is 11.3 Å². The molecular weight excluding hydrogens is 285 g/mol. The molecule has 0 aliphatic heterocycles. The van der Waals surface area contributed by atoms with Crippen molar-refractivity contribution in [2.24, 2.45) is 5.92 Å². The van der Waals surface area contributed by atoms with E-state index in [0.717, 1.165) is 24.5 Å². The molecule has 2 rings (SSSR count). The number of halogens is 1. The Morgan fingerprint density at radius 1 is 1.43 bits per heavy atom. The third-order valence-corrected chi connectivity index (χ3v) is 3.87. The Balaban J connectivity index is 2.09. The topological polar surface area (TPSA) is 28.2 Å². The maximum atomic E-state index is 13.5. The van der Waals surface area contributed by atoms with E-state index in [2.05, 4.69) is 45.9 Å². The molecule has 5 heteroatoms. The first-order valence-electron chi connectivity index (χ1n) is 7.13. The van der Waals surface area contributed by atoms with Gasteiger partial charge in [-0.1, -0.05) is 13.8 Å². The van der Waals surface area contributed by atoms with Crippen molar-refractivity contribution in [2.75, 3.05) is 18.5 Å². The Kier molecular flexibility index (Phi) is 5.70. The predicted molar refractivity (Wildman–Crippen MR) is 87.2 cm³/mol. The quantitative estimate of drug-likeness (QED) is 0.846. The highest BCUT2D eigenvalue weighted by molar-refractivity contribution is 7.07. The molecule has 0 atom stereocenters. The van der Waals surface area contributed by atoms with E-state index in [-0.39, 0.29) is 5.82 Å². The zero-order valence-electron chi connectivity index (χ0n) is 12.8. The second-order valence-electron chi connectivity index (χ2n) is 5.65. The lowest BCUT2D eigenvalue weighted by Crippen LogP contribution is -2.23. The van der Waals surface area contributed by atoms with E-state index in [1.54, 1.807) is 17.4 Å². The highest BCUT2D eigenvalue weighted by Gasteiger charge is 2.11. The summed E-state index contributed by atoms with van der Waals surface area (Å²) in [5.41, 5.74) is 2.14. The lowest BCUT2D eigenvalue weighted by molar-refractivity contribution is 0.548. The number of hydrogen-bond acceptors (Lipinski definition) is 4. The van der Waals surface area contributed by atoms with E-state index in [9.17, 15) is 4.39 Å². The first kappa shape index (κ1) is 15.9. The minimum atomic E-state index is -0.288. The number of nitrogens with zero attached hydrogens (tertiary/aromatic N) is 2. The lowest BCUT2D eigenvalue weighted by Gasteiger charge is -2.21. The van der Waals surface area contributed by atoms with Crippen LogP contribution in [0, 0.1) is 11.7 Å². The molecule has 0 saturated carbocycles. The third kappa shape index (κ3) is 4.79. The summed E-state index contributed by atoms with van der Waals surface area (Å²) in [4.78, 5) is 6.33. The summed E-state index contributed by atoms with van der Waals surface area (Å²) >= 11 is 1.68. The minimum Gasteiger partial charge on any atom is -0.355 e. The fraction of sp³-hybridized carbons (Fsp3) is 0.438. The maximum absolute atomic E-state index is 13.5. The van der Waals surface area contributed by atoms with Crippen LogP contribution in [0.3, 0.4) is 0 Å². The molecule has 0 unspecified atom stereocenters. The summed E-state index contributed by atoms with van der Waals surface area (Å²) in [5.74, 6) is 1.11. The summed E-state index contributed by atoms with van der Waals surface area (Å²) in [7, 11) is 1.99. The monoisotopic (exact) mass is 307 g/mol. The molecule has 2 heterocycles. The van der Waals surface area contributed by atoms with Crippen LogP contribution < -0.4 is 10.2 Å². The van der Waals surface area contributed by atoms with Gasteiger partial charge in [0, 0.05) is 25.7 Å². The van der Waals surface area contributed by atoms with Crippen molar-refractivity contribution in [3.05, 3.63) is 46.0 Å². The molecule has 0 bridgehead atoms. The van der Waals surface area contributed by atoms with Crippen LogP contribution in [-0.4, -0.2) is 18.6 Å². The molecule has 0 fully saturated rings. The molecule has 2 aromatic rings. The number of aromatic nitrogens is 1. The molecule has 3 nitrogen and oxygen atoms in total. The average molecular weight is 307 g/mol. The van der Waals surface area contributed by atoms with Crippen LogP contribution in [0.25, 0.3) is 0 Å². The normalized spacial score (nSPS) is 11.1. The fourth-order valence-corrected chi connectivity index (χ4v) is 2.83. The Bertz CT molecular complexity index is 555. The van der Waals surface area contributed by atoms with Gasteiger partial charge in [-0.05, 0) is 40.9 Å². The van der Waals surface area contributed by atoms with Crippen molar-refractivity contribution < 1.29 is 4.39 Å². The zero-order valence-corrected chi connectivity index (χ0v) is 13.6. The highest BCUT2D eigenvalue weighted by Crippen LogP contribution is 2.20. The van der Waals surface area contributed by atoms with Crippen LogP contribution in [0.4, 0.5) is 10.2 Å². The Morgan fingerprint density at radius 3 is 2.90 bits per heavy atom. The van der Waals surface area contributed by atoms with Gasteiger partial charge in [0.15, 0.2) is 0 Å². The van der Waals surface area contributed by atoms with Gasteiger partial charge in [0.05, 0.1) is 6.20 Å². The summed E-state index contributed by atoms with van der Waals surface area (Å²) < 4.78 is 13.5. The molecular formula is C16H22FN3S. The smallest absolute Gasteiger partial charge is 0.141 e. The standard InChI is InChI=1S/C16H22FN3S/c1-12(2)7-18-8-14-6-15(17)9-19-16(14)20(3)10-13-4-5-21-11-13/h4-6,9,11-12,18H,7-8,10H2,1-3H3. The van der Waals surface area contributed by atoms with Gasteiger partial charge in [0.25, 0.3) is 0 Å².